The fourth-order valence-corrected chi connectivity index (χ4v) is 0.637. The van der Waals surface area contributed by atoms with Crippen molar-refractivity contribution in [1.29, 1.82) is 10.8 Å². The van der Waals surface area contributed by atoms with E-state index in [1.807, 2.05) is 0 Å². The van der Waals surface area contributed by atoms with Crippen molar-refractivity contribution >= 4 is 6.01 Å². The lowest BCUT2D eigenvalue weighted by Crippen LogP contribution is -1.70. The molecule has 0 atom stereocenters. The third-order valence-corrected chi connectivity index (χ3v) is 1.22. The molecule has 11 heavy (non-hydrogen) atoms. The molecule has 0 saturated heterocycles. The first kappa shape index (κ1) is 9.60. The Morgan fingerprint density at radius 2 is 1.09 bits per heavy atom. The number of hydrogen-bond acceptors (Lipinski definition) is 2. The monoisotopic (exact) mass is 148 g/mol. The summed E-state index contributed by atoms with van der Waals surface area (Å²) in [5.74, 6) is 0. The summed E-state index contributed by atoms with van der Waals surface area (Å²) in [7, 11) is 0. The SMILES string of the molecule is Cc1ccc(C)cc1.N=C=N. The van der Waals surface area contributed by atoms with Gasteiger partial charge in [0.25, 0.3) is 0 Å². The van der Waals surface area contributed by atoms with Crippen LogP contribution in [0.5, 0.6) is 0 Å². The molecule has 2 heteroatoms. The lowest BCUT2D eigenvalue weighted by atomic mass is 10.2. The van der Waals surface area contributed by atoms with E-state index in [0.29, 0.717) is 0 Å². The zero-order valence-corrected chi connectivity index (χ0v) is 6.81. The molecule has 0 aromatic heterocycles. The highest BCUT2D eigenvalue weighted by Crippen LogP contribution is 1.99. The van der Waals surface area contributed by atoms with Gasteiger partial charge in [-0.1, -0.05) is 35.4 Å². The Balaban J connectivity index is 0.000000292. The zero-order chi connectivity index (χ0) is 8.69. The lowest BCUT2D eigenvalue weighted by Gasteiger charge is -1.90. The van der Waals surface area contributed by atoms with Crippen molar-refractivity contribution in [2.75, 3.05) is 0 Å². The minimum absolute atomic E-state index is 1.25. The van der Waals surface area contributed by atoms with Gasteiger partial charge in [0, 0.05) is 0 Å². The van der Waals surface area contributed by atoms with Crippen LogP contribution < -0.4 is 0 Å². The van der Waals surface area contributed by atoms with Gasteiger partial charge in [-0.25, -0.2) is 10.8 Å². The van der Waals surface area contributed by atoms with Crippen LogP contribution in [0.1, 0.15) is 11.1 Å². The Morgan fingerprint density at radius 3 is 1.27 bits per heavy atom. The topological polar surface area (TPSA) is 47.7 Å². The first-order valence-electron chi connectivity index (χ1n) is 3.32. The van der Waals surface area contributed by atoms with E-state index in [9.17, 15) is 0 Å². The van der Waals surface area contributed by atoms with Gasteiger partial charge in [0.2, 0.25) is 0 Å². The van der Waals surface area contributed by atoms with Crippen LogP contribution in [0.2, 0.25) is 0 Å². The number of benzene rings is 1. The Hall–Kier alpha value is -1.40. The van der Waals surface area contributed by atoms with E-state index in [-0.39, 0.29) is 0 Å². The molecule has 0 amide bonds. The van der Waals surface area contributed by atoms with Gasteiger partial charge in [-0.05, 0) is 13.8 Å². The van der Waals surface area contributed by atoms with Crippen LogP contribution in [0.25, 0.3) is 0 Å². The minimum Gasteiger partial charge on any atom is -0.242 e. The average molecular weight is 148 g/mol. The van der Waals surface area contributed by atoms with Crippen molar-refractivity contribution in [3.63, 3.8) is 0 Å². The van der Waals surface area contributed by atoms with E-state index in [1.54, 1.807) is 0 Å². The van der Waals surface area contributed by atoms with Crippen LogP contribution in [0.4, 0.5) is 0 Å². The van der Waals surface area contributed by atoms with Gasteiger partial charge in [-0.3, -0.25) is 0 Å². The Bertz CT molecular complexity index is 209. The summed E-state index contributed by atoms with van der Waals surface area (Å²) in [5.41, 5.74) is 2.66. The quantitative estimate of drug-likeness (QED) is 0.531. The van der Waals surface area contributed by atoms with E-state index >= 15 is 0 Å². The molecule has 0 unspecified atom stereocenters. The van der Waals surface area contributed by atoms with Crippen molar-refractivity contribution in [3.05, 3.63) is 35.4 Å². The molecule has 0 aliphatic carbocycles. The molecule has 2 nitrogen and oxygen atoms in total. The third-order valence-electron chi connectivity index (χ3n) is 1.22. The van der Waals surface area contributed by atoms with Gasteiger partial charge >= 0.3 is 0 Å². The summed E-state index contributed by atoms with van der Waals surface area (Å²) < 4.78 is 0. The number of hydrogen-bond donors (Lipinski definition) is 2. The summed E-state index contributed by atoms with van der Waals surface area (Å²) in [5, 5.41) is 11.2. The number of nitrogens with one attached hydrogen (secondary N) is 2. The lowest BCUT2D eigenvalue weighted by molar-refractivity contribution is 1.40. The minimum atomic E-state index is 1.25. The van der Waals surface area contributed by atoms with Crippen molar-refractivity contribution in [3.8, 4) is 0 Å². The second kappa shape index (κ2) is 5.39. The first-order valence-corrected chi connectivity index (χ1v) is 3.32. The van der Waals surface area contributed by atoms with Crippen molar-refractivity contribution in [2.45, 2.75) is 13.8 Å². The highest BCUT2D eigenvalue weighted by molar-refractivity contribution is 5.29. The van der Waals surface area contributed by atoms with Gasteiger partial charge in [0.1, 0.15) is 0 Å². The molecule has 2 N–H and O–H groups in total. The molecule has 1 aromatic rings. The fraction of sp³-hybridized carbons (Fsp3) is 0.222. The largest absolute Gasteiger partial charge is 0.242 e. The van der Waals surface area contributed by atoms with E-state index in [1.165, 1.54) is 17.1 Å². The molecule has 0 bridgehead atoms. The molecular formula is C9H12N2. The third kappa shape index (κ3) is 5.07. The summed E-state index contributed by atoms with van der Waals surface area (Å²) in [6.45, 7) is 4.19. The first-order chi connectivity index (χ1) is 5.20. The average Bonchev–Trinajstić information content (AvgIpc) is 1.97. The second-order valence-corrected chi connectivity index (χ2v) is 2.28. The highest BCUT2D eigenvalue weighted by atomic mass is 14.4. The molecule has 0 aliphatic rings. The molecule has 1 aromatic carbocycles. The Kier molecular flexibility index (Phi) is 4.70. The summed E-state index contributed by atoms with van der Waals surface area (Å²) >= 11 is 0. The van der Waals surface area contributed by atoms with Crippen molar-refractivity contribution < 1.29 is 0 Å². The molecule has 0 radical (unpaired) electrons. The van der Waals surface area contributed by atoms with Gasteiger partial charge in [-0.15, -0.1) is 0 Å². The van der Waals surface area contributed by atoms with Crippen molar-refractivity contribution in [2.24, 2.45) is 0 Å². The second-order valence-electron chi connectivity index (χ2n) is 2.28. The smallest absolute Gasteiger partial charge is 0.0831 e. The van der Waals surface area contributed by atoms with Gasteiger partial charge < -0.3 is 0 Å². The molecule has 0 fully saturated rings. The normalized spacial score (nSPS) is 7.45. The van der Waals surface area contributed by atoms with Gasteiger partial charge in [0.05, 0.1) is 6.01 Å². The summed E-state index contributed by atoms with van der Waals surface area (Å²) in [4.78, 5) is 0. The zero-order valence-electron chi connectivity index (χ0n) is 6.81. The highest BCUT2D eigenvalue weighted by Gasteiger charge is 1.79. The number of aryl methyl sites for hydroxylation is 2. The van der Waals surface area contributed by atoms with Crippen LogP contribution in [0.3, 0.4) is 0 Å². The maximum atomic E-state index is 5.62. The predicted octanol–water partition coefficient (Wildman–Crippen LogP) is 2.62. The standard InChI is InChI=1S/C8H10.CH2N2/c1-7-3-5-8(2)6-4-7;2-1-3/h3-6H,1-2H3;2-3H. The van der Waals surface area contributed by atoms with Crippen LogP contribution in [-0.2, 0) is 0 Å². The van der Waals surface area contributed by atoms with E-state index < -0.39 is 0 Å². The maximum Gasteiger partial charge on any atom is 0.0831 e. The molecule has 1 rings (SSSR count). The predicted molar refractivity (Wildman–Crippen MR) is 46.4 cm³/mol. The van der Waals surface area contributed by atoms with Gasteiger partial charge in [-0.2, -0.15) is 0 Å². The Morgan fingerprint density at radius 1 is 0.909 bits per heavy atom. The Labute approximate surface area is 66.9 Å². The van der Waals surface area contributed by atoms with Crippen LogP contribution >= 0.6 is 0 Å². The fourth-order valence-electron chi connectivity index (χ4n) is 0.637. The van der Waals surface area contributed by atoms with Crippen molar-refractivity contribution in [1.82, 2.24) is 0 Å². The van der Waals surface area contributed by atoms with Gasteiger partial charge in [0.15, 0.2) is 0 Å². The van der Waals surface area contributed by atoms with E-state index in [2.05, 4.69) is 38.1 Å². The maximum absolute atomic E-state index is 5.62. The van der Waals surface area contributed by atoms with Crippen LogP contribution in [-0.4, -0.2) is 6.01 Å². The molecule has 0 spiro atoms. The van der Waals surface area contributed by atoms with E-state index in [4.69, 9.17) is 10.8 Å². The molecule has 0 saturated carbocycles. The van der Waals surface area contributed by atoms with Crippen LogP contribution in [0.15, 0.2) is 24.3 Å². The molecular weight excluding hydrogens is 136 g/mol. The molecule has 0 aliphatic heterocycles. The van der Waals surface area contributed by atoms with E-state index in [0.717, 1.165) is 0 Å². The summed E-state index contributed by atoms with van der Waals surface area (Å²) in [6.07, 6.45) is 0. The molecule has 58 valence electrons. The molecule has 0 heterocycles. The van der Waals surface area contributed by atoms with Crippen LogP contribution in [0, 0.1) is 24.7 Å². The number of rotatable bonds is 0. The summed E-state index contributed by atoms with van der Waals surface area (Å²) in [6, 6.07) is 9.73.